The van der Waals surface area contributed by atoms with Crippen LogP contribution < -0.4 is 0 Å². The monoisotopic (exact) mass is 384 g/mol. The van der Waals surface area contributed by atoms with E-state index in [1.807, 2.05) is 0 Å². The van der Waals surface area contributed by atoms with Gasteiger partial charge in [0.25, 0.3) is 0 Å². The molecular weight excluding hydrogens is 348 g/mol. The molecule has 0 unspecified atom stereocenters. The molecule has 150 valence electrons. The maximum Gasteiger partial charge on any atom is 0.192 e. The van der Waals surface area contributed by atoms with Gasteiger partial charge in [0.15, 0.2) is 14.1 Å². The summed E-state index contributed by atoms with van der Waals surface area (Å²) in [5.41, 5.74) is -0.824. The molecule has 6 heteroatoms. The van der Waals surface area contributed by atoms with Crippen LogP contribution in [-0.2, 0) is 18.6 Å². The predicted octanol–water partition coefficient (Wildman–Crippen LogP) is 3.46. The second-order valence-corrected chi connectivity index (χ2v) is 15.5. The molecule has 1 N–H and O–H groups in total. The number of hydrogen-bond acceptors (Lipinski definition) is 5. The molecule has 2 saturated heterocycles. The molecule has 4 fully saturated rings. The fourth-order valence-corrected chi connectivity index (χ4v) is 6.75. The number of ether oxygens (including phenoxy) is 3. The van der Waals surface area contributed by atoms with Crippen LogP contribution in [0.4, 0.5) is 0 Å². The summed E-state index contributed by atoms with van der Waals surface area (Å²) in [5.74, 6) is -0.414. The normalized spacial score (nSPS) is 45.1. The molecule has 0 radical (unpaired) electrons. The third kappa shape index (κ3) is 2.67. The molecule has 2 heterocycles. The summed E-state index contributed by atoms with van der Waals surface area (Å²) in [6.07, 6.45) is 3.40. The van der Waals surface area contributed by atoms with Crippen molar-refractivity contribution < 1.29 is 23.7 Å². The van der Waals surface area contributed by atoms with Gasteiger partial charge in [-0.05, 0) is 30.0 Å². The third-order valence-corrected chi connectivity index (χ3v) is 12.7. The molecule has 2 saturated carbocycles. The van der Waals surface area contributed by atoms with Crippen LogP contribution in [0.5, 0.6) is 0 Å². The number of hydrogen-bond donors (Lipinski definition) is 1. The predicted molar refractivity (Wildman–Crippen MR) is 101 cm³/mol. The first-order valence-corrected chi connectivity index (χ1v) is 13.1. The summed E-state index contributed by atoms with van der Waals surface area (Å²) < 4.78 is 24.8. The topological polar surface area (TPSA) is 57.2 Å². The molecule has 2 aliphatic carbocycles. The van der Waals surface area contributed by atoms with E-state index in [1.54, 1.807) is 0 Å². The van der Waals surface area contributed by atoms with Crippen molar-refractivity contribution in [2.45, 2.75) is 95.1 Å². The highest BCUT2D eigenvalue weighted by Crippen LogP contribution is 2.62. The zero-order valence-electron chi connectivity index (χ0n) is 17.3. The fourth-order valence-electron chi connectivity index (χ4n) is 5.32. The maximum absolute atomic E-state index is 11.4. The second kappa shape index (κ2) is 5.77. The molecule has 0 aromatic carbocycles. The SMILES string of the molecule is CC(C)(C)[Si](C)(C)O[C@H]1C[C@H]2OC[C@@]2(O)[C@H]2CC3(CC[C@]12C)OCCO3. The van der Waals surface area contributed by atoms with E-state index in [1.165, 1.54) is 0 Å². The summed E-state index contributed by atoms with van der Waals surface area (Å²) in [5, 5.41) is 11.6. The summed E-state index contributed by atoms with van der Waals surface area (Å²) in [6.45, 7) is 15.6. The summed E-state index contributed by atoms with van der Waals surface area (Å²) in [6, 6.07) is 0. The average Bonchev–Trinajstić information content (AvgIpc) is 2.98. The Morgan fingerprint density at radius 1 is 1.12 bits per heavy atom. The third-order valence-electron chi connectivity index (χ3n) is 8.25. The van der Waals surface area contributed by atoms with Crippen LogP contribution in [-0.4, -0.2) is 56.8 Å². The van der Waals surface area contributed by atoms with Crippen molar-refractivity contribution in [3.63, 3.8) is 0 Å². The van der Waals surface area contributed by atoms with E-state index in [9.17, 15) is 5.11 Å². The van der Waals surface area contributed by atoms with Gasteiger partial charge in [0, 0.05) is 25.2 Å². The minimum atomic E-state index is -1.91. The van der Waals surface area contributed by atoms with Crippen LogP contribution in [0.15, 0.2) is 0 Å². The molecule has 2 aliphatic heterocycles. The lowest BCUT2D eigenvalue weighted by atomic mass is 9.50. The molecule has 0 aromatic rings. The van der Waals surface area contributed by atoms with Gasteiger partial charge in [-0.15, -0.1) is 0 Å². The Morgan fingerprint density at radius 3 is 2.31 bits per heavy atom. The highest BCUT2D eigenvalue weighted by molar-refractivity contribution is 6.74. The first kappa shape index (κ1) is 19.3. The van der Waals surface area contributed by atoms with E-state index in [-0.39, 0.29) is 28.6 Å². The van der Waals surface area contributed by atoms with Gasteiger partial charge in [0.2, 0.25) is 0 Å². The van der Waals surface area contributed by atoms with Gasteiger partial charge >= 0.3 is 0 Å². The summed E-state index contributed by atoms with van der Waals surface area (Å²) in [4.78, 5) is 0. The first-order chi connectivity index (χ1) is 11.9. The second-order valence-electron chi connectivity index (χ2n) is 10.8. The Kier molecular flexibility index (Phi) is 4.29. The van der Waals surface area contributed by atoms with Gasteiger partial charge in [-0.1, -0.05) is 27.7 Å². The van der Waals surface area contributed by atoms with Crippen molar-refractivity contribution in [2.24, 2.45) is 11.3 Å². The Morgan fingerprint density at radius 2 is 1.77 bits per heavy atom. The summed E-state index contributed by atoms with van der Waals surface area (Å²) >= 11 is 0. The van der Waals surface area contributed by atoms with Crippen molar-refractivity contribution in [2.75, 3.05) is 19.8 Å². The van der Waals surface area contributed by atoms with Crippen molar-refractivity contribution >= 4 is 8.32 Å². The quantitative estimate of drug-likeness (QED) is 0.739. The van der Waals surface area contributed by atoms with Crippen molar-refractivity contribution in [3.8, 4) is 0 Å². The Labute approximate surface area is 158 Å². The number of fused-ring (bicyclic) bond motifs is 3. The summed E-state index contributed by atoms with van der Waals surface area (Å²) in [7, 11) is -1.91. The fraction of sp³-hybridized carbons (Fsp3) is 1.00. The molecule has 4 rings (SSSR count). The van der Waals surface area contributed by atoms with E-state index < -0.39 is 19.7 Å². The zero-order valence-corrected chi connectivity index (χ0v) is 18.3. The molecule has 0 amide bonds. The standard InChI is InChI=1S/C20H36O5Si/c1-17(2,3)26(5,6)25-15-11-16-20(21,13-22-16)14-12-19(23-9-10-24-19)8-7-18(14,15)4/h14-16,21H,7-13H2,1-6H3/t14-,15-,16+,18-,20+/m0/s1. The molecule has 1 spiro atoms. The van der Waals surface area contributed by atoms with E-state index in [4.69, 9.17) is 18.6 Å². The maximum atomic E-state index is 11.4. The van der Waals surface area contributed by atoms with Gasteiger partial charge in [0.05, 0.1) is 32.0 Å². The first-order valence-electron chi connectivity index (χ1n) is 10.2. The number of rotatable bonds is 2. The molecule has 0 aromatic heterocycles. The molecule has 4 aliphatic rings. The lowest BCUT2D eigenvalue weighted by Crippen LogP contribution is -2.75. The lowest BCUT2D eigenvalue weighted by Gasteiger charge is -2.66. The van der Waals surface area contributed by atoms with Crippen LogP contribution >= 0.6 is 0 Å². The van der Waals surface area contributed by atoms with Crippen molar-refractivity contribution in [3.05, 3.63) is 0 Å². The number of aliphatic hydroxyl groups is 1. The lowest BCUT2D eigenvalue weighted by molar-refractivity contribution is -0.344. The van der Waals surface area contributed by atoms with Crippen LogP contribution in [0, 0.1) is 11.3 Å². The Balaban J connectivity index is 1.64. The van der Waals surface area contributed by atoms with Gasteiger partial charge in [-0.3, -0.25) is 0 Å². The van der Waals surface area contributed by atoms with Gasteiger partial charge < -0.3 is 23.7 Å². The molecular formula is C20H36O5Si. The van der Waals surface area contributed by atoms with Crippen LogP contribution in [0.25, 0.3) is 0 Å². The molecule has 0 bridgehead atoms. The van der Waals surface area contributed by atoms with E-state index in [0.29, 0.717) is 19.8 Å². The largest absolute Gasteiger partial charge is 0.413 e. The van der Waals surface area contributed by atoms with E-state index in [2.05, 4.69) is 40.8 Å². The van der Waals surface area contributed by atoms with E-state index in [0.717, 1.165) is 25.7 Å². The minimum Gasteiger partial charge on any atom is -0.413 e. The highest BCUT2D eigenvalue weighted by Gasteiger charge is 2.69. The van der Waals surface area contributed by atoms with E-state index >= 15 is 0 Å². The smallest absolute Gasteiger partial charge is 0.192 e. The van der Waals surface area contributed by atoms with Crippen LogP contribution in [0.3, 0.4) is 0 Å². The van der Waals surface area contributed by atoms with Crippen LogP contribution in [0.1, 0.15) is 53.4 Å². The molecule has 5 nitrogen and oxygen atoms in total. The Bertz CT molecular complexity index is 567. The van der Waals surface area contributed by atoms with Gasteiger partial charge in [-0.25, -0.2) is 0 Å². The Hall–Kier alpha value is 0.0169. The van der Waals surface area contributed by atoms with Gasteiger partial charge in [-0.2, -0.15) is 0 Å². The van der Waals surface area contributed by atoms with Gasteiger partial charge in [0.1, 0.15) is 5.60 Å². The average molecular weight is 385 g/mol. The van der Waals surface area contributed by atoms with Crippen molar-refractivity contribution in [1.29, 1.82) is 0 Å². The molecule has 26 heavy (non-hydrogen) atoms. The molecule has 5 atom stereocenters. The van der Waals surface area contributed by atoms with Crippen molar-refractivity contribution in [1.82, 2.24) is 0 Å². The highest BCUT2D eigenvalue weighted by atomic mass is 28.4. The zero-order chi connectivity index (χ0) is 19.0. The van der Waals surface area contributed by atoms with Crippen LogP contribution in [0.2, 0.25) is 18.1 Å². The minimum absolute atomic E-state index is 0.0644.